The Morgan fingerprint density at radius 1 is 1.00 bits per heavy atom. The molecule has 11 heteroatoms. The number of hydrogen-bond acceptors (Lipinski definition) is 6. The number of imidazole rings is 1. The second-order valence-electron chi connectivity index (χ2n) is 11.1. The number of aryl methyl sites for hydroxylation is 1. The lowest BCUT2D eigenvalue weighted by atomic mass is 10.1. The van der Waals surface area contributed by atoms with Gasteiger partial charge in [0.15, 0.2) is 0 Å². The zero-order valence-corrected chi connectivity index (χ0v) is 25.3. The van der Waals surface area contributed by atoms with Gasteiger partial charge in [0.05, 0.1) is 38.9 Å². The Morgan fingerprint density at radius 3 is 2.50 bits per heavy atom. The number of rotatable bonds is 5. The Labute approximate surface area is 244 Å². The minimum atomic E-state index is -4.17. The van der Waals surface area contributed by atoms with E-state index >= 15 is 0 Å². The normalized spacial score (nSPS) is 12.0. The van der Waals surface area contributed by atoms with Crippen LogP contribution in [0.4, 0.5) is 5.82 Å². The molecule has 210 valence electrons. The lowest BCUT2D eigenvalue weighted by Crippen LogP contribution is -2.19. The Hall–Kier alpha value is -4.92. The van der Waals surface area contributed by atoms with Crippen LogP contribution in [0.5, 0.6) is 0 Å². The summed E-state index contributed by atoms with van der Waals surface area (Å²) in [6.07, 6.45) is 1.36. The van der Waals surface area contributed by atoms with Crippen LogP contribution in [-0.2, 0) is 10.0 Å². The van der Waals surface area contributed by atoms with Crippen LogP contribution in [0.25, 0.3) is 27.6 Å². The van der Waals surface area contributed by atoms with Crippen molar-refractivity contribution >= 4 is 51.6 Å². The van der Waals surface area contributed by atoms with Gasteiger partial charge in [-0.25, -0.2) is 22.1 Å². The standard InChI is InChI=1S/C31H28N6O3SSi/c1-20-34-26-14-13-22(17-27(26)35-20)36-31(32)25(19-33-36)30(38)29-18-24-21(15-16-42(2,3)4)9-8-12-28(24)37(29)41(39,40)23-10-6-5-7-11-23/h5-14,17-19H,32H2,1-4H3,(H,34,35). The van der Waals surface area contributed by atoms with Crippen molar-refractivity contribution in [2.45, 2.75) is 31.5 Å². The van der Waals surface area contributed by atoms with E-state index in [0.29, 0.717) is 22.2 Å². The average Bonchev–Trinajstić information content (AvgIpc) is 3.65. The van der Waals surface area contributed by atoms with Gasteiger partial charge in [0, 0.05) is 10.9 Å². The zero-order valence-electron chi connectivity index (χ0n) is 23.5. The van der Waals surface area contributed by atoms with Gasteiger partial charge in [0.1, 0.15) is 25.4 Å². The first kappa shape index (κ1) is 27.3. The summed E-state index contributed by atoms with van der Waals surface area (Å²) >= 11 is 0. The maximum atomic E-state index is 14.2. The number of nitrogen functional groups attached to an aromatic ring is 1. The second-order valence-corrected chi connectivity index (χ2v) is 17.6. The molecule has 0 atom stereocenters. The zero-order chi connectivity index (χ0) is 29.8. The first-order valence-corrected chi connectivity index (χ1v) is 18.2. The molecule has 0 aliphatic heterocycles. The van der Waals surface area contributed by atoms with Crippen molar-refractivity contribution < 1.29 is 13.2 Å². The van der Waals surface area contributed by atoms with Gasteiger partial charge in [-0.15, -0.1) is 5.54 Å². The van der Waals surface area contributed by atoms with E-state index in [2.05, 4.69) is 46.2 Å². The number of anilines is 1. The van der Waals surface area contributed by atoms with Crippen LogP contribution < -0.4 is 5.73 Å². The third kappa shape index (κ3) is 4.70. The molecule has 6 aromatic rings. The van der Waals surface area contributed by atoms with Gasteiger partial charge in [0.25, 0.3) is 10.0 Å². The molecule has 0 fully saturated rings. The molecule has 3 aromatic carbocycles. The fourth-order valence-electron chi connectivity index (χ4n) is 4.82. The summed E-state index contributed by atoms with van der Waals surface area (Å²) in [6, 6.07) is 20.4. The summed E-state index contributed by atoms with van der Waals surface area (Å²) < 4.78 is 30.6. The largest absolute Gasteiger partial charge is 0.383 e. The van der Waals surface area contributed by atoms with E-state index in [9.17, 15) is 13.2 Å². The van der Waals surface area contributed by atoms with Crippen LogP contribution in [-0.4, -0.2) is 46.0 Å². The average molecular weight is 593 g/mol. The Balaban J connectivity index is 1.54. The minimum absolute atomic E-state index is 0.0549. The maximum Gasteiger partial charge on any atom is 0.268 e. The SMILES string of the molecule is Cc1nc2cc(-n3ncc(C(=O)c4cc5c(C#C[Si](C)(C)C)cccc5n4S(=O)(=O)c4ccccc4)c3N)ccc2[nH]1. The highest BCUT2D eigenvalue weighted by atomic mass is 32.2. The van der Waals surface area contributed by atoms with Crippen molar-refractivity contribution in [3.8, 4) is 17.2 Å². The van der Waals surface area contributed by atoms with Gasteiger partial charge in [-0.1, -0.05) is 49.8 Å². The van der Waals surface area contributed by atoms with E-state index in [1.165, 1.54) is 23.0 Å². The summed E-state index contributed by atoms with van der Waals surface area (Å²) in [6.45, 7) is 8.26. The number of ketones is 1. The quantitative estimate of drug-likeness (QED) is 0.159. The number of nitrogens with two attached hydrogens (primary N) is 1. The molecule has 3 N–H and O–H groups in total. The lowest BCUT2D eigenvalue weighted by Gasteiger charge is -2.12. The van der Waals surface area contributed by atoms with Gasteiger partial charge in [-0.05, 0) is 55.5 Å². The number of hydrogen-bond donors (Lipinski definition) is 2. The van der Waals surface area contributed by atoms with Gasteiger partial charge in [-0.3, -0.25) is 4.79 Å². The molecule has 0 aliphatic rings. The third-order valence-electron chi connectivity index (χ3n) is 6.77. The number of fused-ring (bicyclic) bond motifs is 2. The van der Waals surface area contributed by atoms with Crippen LogP contribution in [0.15, 0.2) is 83.9 Å². The van der Waals surface area contributed by atoms with Gasteiger partial charge in [-0.2, -0.15) is 5.10 Å². The van der Waals surface area contributed by atoms with Gasteiger partial charge >= 0.3 is 0 Å². The molecular formula is C31H28N6O3SSi. The minimum Gasteiger partial charge on any atom is -0.383 e. The molecule has 3 heterocycles. The predicted octanol–water partition coefficient (Wildman–Crippen LogP) is 5.29. The van der Waals surface area contributed by atoms with Crippen LogP contribution >= 0.6 is 0 Å². The van der Waals surface area contributed by atoms with Crippen LogP contribution in [0.1, 0.15) is 27.4 Å². The Bertz CT molecular complexity index is 2190. The number of nitrogens with one attached hydrogen (secondary N) is 1. The van der Waals surface area contributed by atoms with Crippen molar-refractivity contribution in [1.29, 1.82) is 0 Å². The van der Waals surface area contributed by atoms with E-state index in [-0.39, 0.29) is 22.0 Å². The highest BCUT2D eigenvalue weighted by Gasteiger charge is 2.30. The molecule has 42 heavy (non-hydrogen) atoms. The van der Waals surface area contributed by atoms with Crippen LogP contribution in [0, 0.1) is 18.4 Å². The third-order valence-corrected chi connectivity index (χ3v) is 9.39. The fourth-order valence-corrected chi connectivity index (χ4v) is 6.85. The molecule has 0 aliphatic carbocycles. The molecule has 6 rings (SSSR count). The van der Waals surface area contributed by atoms with Crippen molar-refractivity contribution in [2.75, 3.05) is 5.73 Å². The highest BCUT2D eigenvalue weighted by Crippen LogP contribution is 2.31. The van der Waals surface area contributed by atoms with E-state index in [0.717, 1.165) is 20.8 Å². The molecular weight excluding hydrogens is 565 g/mol. The number of benzene rings is 3. The number of carbonyl (C=O) groups excluding carboxylic acids is 1. The molecule has 0 unspecified atom stereocenters. The second kappa shape index (κ2) is 9.87. The first-order chi connectivity index (χ1) is 19.9. The summed E-state index contributed by atoms with van der Waals surface area (Å²) in [4.78, 5) is 21.9. The highest BCUT2D eigenvalue weighted by molar-refractivity contribution is 7.90. The maximum absolute atomic E-state index is 14.2. The van der Waals surface area contributed by atoms with Gasteiger partial charge < -0.3 is 10.7 Å². The first-order valence-electron chi connectivity index (χ1n) is 13.3. The summed E-state index contributed by atoms with van der Waals surface area (Å²) in [5.74, 6) is 3.51. The van der Waals surface area contributed by atoms with E-state index < -0.39 is 23.9 Å². The van der Waals surface area contributed by atoms with Crippen LogP contribution in [0.3, 0.4) is 0 Å². The number of H-pyrrole nitrogens is 1. The molecule has 3 aromatic heterocycles. The summed E-state index contributed by atoms with van der Waals surface area (Å²) in [5, 5.41) is 4.95. The van der Waals surface area contributed by atoms with Crippen molar-refractivity contribution in [2.24, 2.45) is 0 Å². The summed E-state index contributed by atoms with van der Waals surface area (Å²) in [7, 11) is -5.91. The molecule has 0 saturated heterocycles. The molecule has 0 bridgehead atoms. The van der Waals surface area contributed by atoms with E-state index in [4.69, 9.17) is 5.73 Å². The van der Waals surface area contributed by atoms with E-state index in [1.807, 2.05) is 31.2 Å². The molecule has 0 amide bonds. The van der Waals surface area contributed by atoms with Crippen LogP contribution in [0.2, 0.25) is 19.6 Å². The van der Waals surface area contributed by atoms with Crippen molar-refractivity contribution in [3.63, 3.8) is 0 Å². The Morgan fingerprint density at radius 2 is 1.76 bits per heavy atom. The smallest absolute Gasteiger partial charge is 0.268 e. The Kier molecular flexibility index (Phi) is 6.40. The number of aromatic nitrogens is 5. The monoisotopic (exact) mass is 592 g/mol. The number of nitrogens with zero attached hydrogens (tertiary/aromatic N) is 4. The van der Waals surface area contributed by atoms with Gasteiger partial charge in [0.2, 0.25) is 5.78 Å². The van der Waals surface area contributed by atoms with E-state index in [1.54, 1.807) is 36.4 Å². The summed E-state index contributed by atoms with van der Waals surface area (Å²) in [5.41, 5.74) is 13.1. The number of aromatic amines is 1. The molecule has 0 saturated carbocycles. The number of carbonyl (C=O) groups is 1. The fraction of sp³-hybridized carbons (Fsp3) is 0.129. The predicted molar refractivity (Wildman–Crippen MR) is 167 cm³/mol. The molecule has 0 radical (unpaired) electrons. The lowest BCUT2D eigenvalue weighted by molar-refractivity contribution is 0.103. The molecule has 0 spiro atoms. The van der Waals surface area contributed by atoms with Crippen molar-refractivity contribution in [3.05, 3.63) is 102 Å². The van der Waals surface area contributed by atoms with Crippen molar-refractivity contribution in [1.82, 2.24) is 23.7 Å². The topological polar surface area (TPSA) is 129 Å². The molecule has 9 nitrogen and oxygen atoms in total.